The SMILES string of the molecule is CC(C)(C)CC(OC(N)=O)c1oc(-c2ccc(OC(F)F)c(OCCCCC(=O)NC(N)=O)c2)nc1C(=O)NCc1ccc(F)cc1F. The van der Waals surface area contributed by atoms with Gasteiger partial charge in [-0.15, -0.1) is 0 Å². The first-order valence-electron chi connectivity index (χ1n) is 14.5. The largest absolute Gasteiger partial charge is 0.490 e. The average Bonchev–Trinajstić information content (AvgIpc) is 3.41. The fourth-order valence-electron chi connectivity index (χ4n) is 4.36. The van der Waals surface area contributed by atoms with E-state index in [9.17, 15) is 36.7 Å². The van der Waals surface area contributed by atoms with E-state index in [0.29, 0.717) is 6.07 Å². The topological polar surface area (TPSA) is 198 Å². The lowest BCUT2D eigenvalue weighted by molar-refractivity contribution is -0.120. The smallest absolute Gasteiger partial charge is 0.405 e. The number of urea groups is 1. The third kappa shape index (κ3) is 11.5. The molecule has 0 radical (unpaired) electrons. The summed E-state index contributed by atoms with van der Waals surface area (Å²) in [6.45, 7) is 1.86. The maximum atomic E-state index is 14.2. The van der Waals surface area contributed by atoms with Crippen molar-refractivity contribution < 1.29 is 55.4 Å². The minimum Gasteiger partial charge on any atom is -0.490 e. The lowest BCUT2D eigenvalue weighted by Crippen LogP contribution is -2.34. The predicted molar refractivity (Wildman–Crippen MR) is 161 cm³/mol. The molecule has 0 saturated heterocycles. The number of nitrogens with two attached hydrogens (primary N) is 2. The van der Waals surface area contributed by atoms with Crippen LogP contribution in [-0.4, -0.2) is 42.1 Å². The first-order valence-corrected chi connectivity index (χ1v) is 14.5. The van der Waals surface area contributed by atoms with Crippen molar-refractivity contribution in [3.8, 4) is 23.0 Å². The van der Waals surface area contributed by atoms with Crippen molar-refractivity contribution >= 4 is 23.9 Å². The maximum absolute atomic E-state index is 14.2. The minimum absolute atomic E-state index is 0.0282. The van der Waals surface area contributed by atoms with Gasteiger partial charge in [0, 0.05) is 30.2 Å². The number of halogens is 4. The fourth-order valence-corrected chi connectivity index (χ4v) is 4.36. The molecule has 2 aromatic carbocycles. The zero-order chi connectivity index (χ0) is 35.6. The molecule has 0 fully saturated rings. The van der Waals surface area contributed by atoms with E-state index in [4.69, 9.17) is 25.4 Å². The van der Waals surface area contributed by atoms with E-state index in [-0.39, 0.29) is 78.8 Å². The Bertz CT molecular complexity index is 1630. The van der Waals surface area contributed by atoms with Crippen molar-refractivity contribution in [2.75, 3.05) is 6.61 Å². The van der Waals surface area contributed by atoms with Crippen LogP contribution in [0.3, 0.4) is 0 Å². The summed E-state index contributed by atoms with van der Waals surface area (Å²) in [5, 5.41) is 4.39. The van der Waals surface area contributed by atoms with E-state index < -0.39 is 53.7 Å². The number of alkyl halides is 2. The number of benzene rings is 2. The normalized spacial score (nSPS) is 11.9. The molecule has 6 N–H and O–H groups in total. The number of rotatable bonds is 15. The third-order valence-corrected chi connectivity index (χ3v) is 6.40. The quantitative estimate of drug-likeness (QED) is 0.119. The molecule has 1 unspecified atom stereocenters. The Balaban J connectivity index is 1.96. The number of ether oxygens (including phenoxy) is 3. The Morgan fingerprint density at radius 2 is 1.73 bits per heavy atom. The summed E-state index contributed by atoms with van der Waals surface area (Å²) >= 11 is 0. The summed E-state index contributed by atoms with van der Waals surface area (Å²) in [6.07, 6.45) is -1.78. The van der Waals surface area contributed by atoms with Crippen molar-refractivity contribution in [1.82, 2.24) is 15.6 Å². The molecule has 0 spiro atoms. The number of unbranched alkanes of at least 4 members (excludes halogenated alkanes) is 1. The standard InChI is InChI=1S/C31H35F4N5O8/c1-31(2,3)14-22(47-30(37)44)25-24(26(42)38-15-17-7-9-18(32)13-19(17)33)40-27(48-25)16-8-10-20(46-28(34)35)21(12-16)45-11-5-4-6-23(41)39-29(36)43/h7-10,12-13,22,28H,4-6,11,14-15H2,1-3H3,(H2,37,44)(H,38,42)(H3,36,39,41,43). The van der Waals surface area contributed by atoms with Crippen molar-refractivity contribution in [3.05, 3.63) is 65.1 Å². The zero-order valence-electron chi connectivity index (χ0n) is 26.2. The summed E-state index contributed by atoms with van der Waals surface area (Å²) in [6, 6.07) is 5.55. The Kier molecular flexibility index (Phi) is 12.7. The molecule has 0 aliphatic heterocycles. The molecule has 1 aromatic heterocycles. The Hall–Kier alpha value is -5.35. The molecule has 0 saturated carbocycles. The molecular weight excluding hydrogens is 646 g/mol. The lowest BCUT2D eigenvalue weighted by Gasteiger charge is -2.24. The summed E-state index contributed by atoms with van der Waals surface area (Å²) in [7, 11) is 0. The molecule has 3 aromatic rings. The van der Waals surface area contributed by atoms with Crippen LogP contribution in [0, 0.1) is 17.0 Å². The van der Waals surface area contributed by atoms with Crippen LogP contribution in [0.2, 0.25) is 0 Å². The van der Waals surface area contributed by atoms with Gasteiger partial charge in [-0.25, -0.2) is 23.4 Å². The number of carbonyl (C=O) groups is 4. The second-order valence-electron chi connectivity index (χ2n) is 11.6. The van der Waals surface area contributed by atoms with E-state index in [1.807, 2.05) is 26.1 Å². The molecule has 3 rings (SSSR count). The van der Waals surface area contributed by atoms with Crippen LogP contribution < -0.4 is 31.6 Å². The van der Waals surface area contributed by atoms with Crippen LogP contribution >= 0.6 is 0 Å². The van der Waals surface area contributed by atoms with Crippen LogP contribution in [-0.2, 0) is 16.1 Å². The van der Waals surface area contributed by atoms with Crippen molar-refractivity contribution in [1.29, 1.82) is 0 Å². The molecule has 5 amide bonds. The van der Waals surface area contributed by atoms with Crippen molar-refractivity contribution in [2.24, 2.45) is 16.9 Å². The van der Waals surface area contributed by atoms with Gasteiger partial charge < -0.3 is 35.4 Å². The summed E-state index contributed by atoms with van der Waals surface area (Å²) < 4.78 is 75.3. The number of nitrogens with one attached hydrogen (secondary N) is 2. The summed E-state index contributed by atoms with van der Waals surface area (Å²) in [5.41, 5.74) is 9.47. The van der Waals surface area contributed by atoms with Gasteiger partial charge in [-0.1, -0.05) is 26.8 Å². The highest BCUT2D eigenvalue weighted by Gasteiger charge is 2.33. The minimum atomic E-state index is -3.20. The average molecular weight is 682 g/mol. The number of amides is 5. The number of aromatic nitrogens is 1. The number of hydrogen-bond donors (Lipinski definition) is 4. The van der Waals surface area contributed by atoms with Gasteiger partial charge in [-0.3, -0.25) is 14.9 Å². The molecule has 17 heteroatoms. The van der Waals surface area contributed by atoms with Gasteiger partial charge in [0.2, 0.25) is 11.8 Å². The number of nitrogens with zero attached hydrogens (tertiary/aromatic N) is 1. The van der Waals surface area contributed by atoms with Gasteiger partial charge in [-0.05, 0) is 48.9 Å². The molecule has 13 nitrogen and oxygen atoms in total. The number of imide groups is 1. The van der Waals surface area contributed by atoms with E-state index >= 15 is 0 Å². The first-order chi connectivity index (χ1) is 22.5. The molecular formula is C31H35F4N5O8. The van der Waals surface area contributed by atoms with E-state index in [2.05, 4.69) is 15.0 Å². The van der Waals surface area contributed by atoms with Gasteiger partial charge in [-0.2, -0.15) is 8.78 Å². The van der Waals surface area contributed by atoms with Crippen LogP contribution in [0.5, 0.6) is 11.5 Å². The Labute approximate surface area is 272 Å². The monoisotopic (exact) mass is 681 g/mol. The molecule has 0 aliphatic rings. The number of primary amides is 2. The van der Waals surface area contributed by atoms with Gasteiger partial charge in [0.1, 0.15) is 11.6 Å². The third-order valence-electron chi connectivity index (χ3n) is 6.40. The van der Waals surface area contributed by atoms with Gasteiger partial charge in [0.15, 0.2) is 29.1 Å². The summed E-state index contributed by atoms with van der Waals surface area (Å²) in [5.74, 6) is -4.09. The van der Waals surface area contributed by atoms with Crippen LogP contribution in [0.15, 0.2) is 40.8 Å². The van der Waals surface area contributed by atoms with E-state index in [1.54, 1.807) is 0 Å². The van der Waals surface area contributed by atoms with Crippen molar-refractivity contribution in [2.45, 2.75) is 65.7 Å². The molecule has 0 aliphatic carbocycles. The Morgan fingerprint density at radius 3 is 2.35 bits per heavy atom. The highest BCUT2D eigenvalue weighted by atomic mass is 19.3. The molecule has 0 bridgehead atoms. The van der Waals surface area contributed by atoms with Crippen LogP contribution in [0.1, 0.15) is 74.4 Å². The van der Waals surface area contributed by atoms with E-state index in [0.717, 1.165) is 18.2 Å². The molecule has 260 valence electrons. The number of carbonyl (C=O) groups excluding carboxylic acids is 4. The van der Waals surface area contributed by atoms with Gasteiger partial charge in [0.05, 0.1) is 6.61 Å². The predicted octanol–water partition coefficient (Wildman–Crippen LogP) is 5.47. The highest BCUT2D eigenvalue weighted by Crippen LogP contribution is 2.38. The zero-order valence-corrected chi connectivity index (χ0v) is 26.2. The second kappa shape index (κ2) is 16.5. The molecule has 1 heterocycles. The Morgan fingerprint density at radius 1 is 1.00 bits per heavy atom. The number of hydrogen-bond acceptors (Lipinski definition) is 9. The lowest BCUT2D eigenvalue weighted by atomic mass is 9.88. The van der Waals surface area contributed by atoms with E-state index in [1.165, 1.54) is 12.1 Å². The highest BCUT2D eigenvalue weighted by molar-refractivity contribution is 5.94. The molecule has 1 atom stereocenters. The van der Waals surface area contributed by atoms with Gasteiger partial charge >= 0.3 is 18.7 Å². The van der Waals surface area contributed by atoms with Crippen LogP contribution in [0.25, 0.3) is 11.5 Å². The van der Waals surface area contributed by atoms with Gasteiger partial charge in [0.25, 0.3) is 5.91 Å². The molecule has 48 heavy (non-hydrogen) atoms. The number of oxazole rings is 1. The van der Waals surface area contributed by atoms with Crippen LogP contribution in [0.4, 0.5) is 27.2 Å². The summed E-state index contributed by atoms with van der Waals surface area (Å²) in [4.78, 5) is 51.9. The second-order valence-corrected chi connectivity index (χ2v) is 11.6. The fraction of sp³-hybridized carbons (Fsp3) is 0.387. The maximum Gasteiger partial charge on any atom is 0.405 e. The first kappa shape index (κ1) is 37.1. The van der Waals surface area contributed by atoms with Crippen molar-refractivity contribution in [3.63, 3.8) is 0 Å².